The maximum absolute atomic E-state index is 14.8. The van der Waals surface area contributed by atoms with Gasteiger partial charge in [-0.25, -0.2) is 8.91 Å². The van der Waals surface area contributed by atoms with E-state index in [0.717, 1.165) is 28.9 Å². The summed E-state index contributed by atoms with van der Waals surface area (Å²) in [5.41, 5.74) is 3.13. The summed E-state index contributed by atoms with van der Waals surface area (Å²) in [7, 11) is 0. The second kappa shape index (κ2) is 6.33. The van der Waals surface area contributed by atoms with E-state index in [4.69, 9.17) is 9.47 Å². The SMILES string of the molecule is CCCOc1cn2ncnc(Oc3ccc4[nH]c(C)cc4c3F)c2c1C. The molecule has 134 valence electrons. The number of fused-ring (bicyclic) bond motifs is 2. The Bertz CT molecular complexity index is 1100. The topological polar surface area (TPSA) is 64.4 Å². The molecule has 0 saturated heterocycles. The van der Waals surface area contributed by atoms with Gasteiger partial charge in [0.2, 0.25) is 5.88 Å². The fourth-order valence-corrected chi connectivity index (χ4v) is 3.01. The molecule has 6 nitrogen and oxygen atoms in total. The number of halogens is 1. The summed E-state index contributed by atoms with van der Waals surface area (Å²) in [6.45, 7) is 6.45. The average Bonchev–Trinajstić information content (AvgIpc) is 3.16. The van der Waals surface area contributed by atoms with Crippen LogP contribution in [0.5, 0.6) is 17.4 Å². The van der Waals surface area contributed by atoms with Crippen molar-refractivity contribution in [3.05, 3.63) is 47.8 Å². The monoisotopic (exact) mass is 354 g/mol. The van der Waals surface area contributed by atoms with Gasteiger partial charge >= 0.3 is 0 Å². The highest BCUT2D eigenvalue weighted by Gasteiger charge is 2.18. The Morgan fingerprint density at radius 2 is 2.08 bits per heavy atom. The Hall–Kier alpha value is -3.09. The van der Waals surface area contributed by atoms with E-state index >= 15 is 0 Å². The number of hydrogen-bond donors (Lipinski definition) is 1. The van der Waals surface area contributed by atoms with Crippen molar-refractivity contribution in [2.24, 2.45) is 0 Å². The van der Waals surface area contributed by atoms with Crippen molar-refractivity contribution in [3.63, 3.8) is 0 Å². The number of rotatable bonds is 5. The van der Waals surface area contributed by atoms with Crippen molar-refractivity contribution in [1.29, 1.82) is 0 Å². The molecule has 0 unspecified atom stereocenters. The van der Waals surface area contributed by atoms with Crippen LogP contribution in [0.4, 0.5) is 4.39 Å². The summed E-state index contributed by atoms with van der Waals surface area (Å²) < 4.78 is 28.0. The number of H-pyrrole nitrogens is 1. The zero-order valence-corrected chi connectivity index (χ0v) is 14.8. The predicted octanol–water partition coefficient (Wildman–Crippen LogP) is 4.55. The van der Waals surface area contributed by atoms with Gasteiger partial charge in [-0.15, -0.1) is 0 Å². The number of nitrogens with one attached hydrogen (secondary N) is 1. The second-order valence-electron chi connectivity index (χ2n) is 6.22. The third kappa shape index (κ3) is 2.65. The first-order valence-electron chi connectivity index (χ1n) is 8.50. The van der Waals surface area contributed by atoms with E-state index in [1.54, 1.807) is 28.9 Å². The maximum Gasteiger partial charge on any atom is 0.247 e. The normalized spacial score (nSPS) is 11.4. The minimum atomic E-state index is -0.421. The molecule has 0 spiro atoms. The molecule has 4 rings (SSSR count). The van der Waals surface area contributed by atoms with Crippen molar-refractivity contribution in [1.82, 2.24) is 19.6 Å². The van der Waals surface area contributed by atoms with Gasteiger partial charge in [0.25, 0.3) is 0 Å². The van der Waals surface area contributed by atoms with Crippen LogP contribution in [-0.2, 0) is 0 Å². The average molecular weight is 354 g/mol. The molecule has 0 bridgehead atoms. The molecule has 3 heterocycles. The maximum atomic E-state index is 14.8. The number of aromatic nitrogens is 4. The molecule has 0 atom stereocenters. The first-order chi connectivity index (χ1) is 12.6. The van der Waals surface area contributed by atoms with E-state index in [0.29, 0.717) is 17.5 Å². The quantitative estimate of drug-likeness (QED) is 0.571. The van der Waals surface area contributed by atoms with E-state index in [1.165, 1.54) is 6.33 Å². The number of hydrogen-bond acceptors (Lipinski definition) is 4. The fraction of sp³-hybridized carbons (Fsp3) is 0.263. The Balaban J connectivity index is 1.77. The molecular weight excluding hydrogens is 335 g/mol. The van der Waals surface area contributed by atoms with Crippen molar-refractivity contribution >= 4 is 16.4 Å². The molecule has 0 radical (unpaired) electrons. The summed E-state index contributed by atoms with van der Waals surface area (Å²) in [6, 6.07) is 5.14. The lowest BCUT2D eigenvalue weighted by Gasteiger charge is -2.08. The molecule has 3 aromatic heterocycles. The molecule has 4 aromatic rings. The molecule has 0 aliphatic carbocycles. The number of nitrogens with zero attached hydrogens (tertiary/aromatic N) is 3. The Kier molecular flexibility index (Phi) is 3.99. The van der Waals surface area contributed by atoms with Gasteiger partial charge in [0.15, 0.2) is 11.6 Å². The van der Waals surface area contributed by atoms with Crippen LogP contribution in [0.25, 0.3) is 16.4 Å². The van der Waals surface area contributed by atoms with E-state index < -0.39 is 5.82 Å². The Labute approximate surface area is 149 Å². The Morgan fingerprint density at radius 3 is 2.88 bits per heavy atom. The number of aromatic amines is 1. The Morgan fingerprint density at radius 1 is 1.23 bits per heavy atom. The standard InChI is InChI=1S/C19H19FN4O2/c1-4-7-25-16-9-24-18(12(16)3)19(21-10-22-24)26-15-6-5-14-13(17(15)20)8-11(2)23-14/h5-6,8-10,23H,4,7H2,1-3H3. The third-order valence-electron chi connectivity index (χ3n) is 4.25. The lowest BCUT2D eigenvalue weighted by atomic mass is 10.2. The van der Waals surface area contributed by atoms with E-state index in [9.17, 15) is 4.39 Å². The minimum Gasteiger partial charge on any atom is -0.492 e. The van der Waals surface area contributed by atoms with E-state index in [-0.39, 0.29) is 11.6 Å². The number of ether oxygens (including phenoxy) is 2. The fourth-order valence-electron chi connectivity index (χ4n) is 3.01. The van der Waals surface area contributed by atoms with Gasteiger partial charge in [0.1, 0.15) is 17.6 Å². The highest BCUT2D eigenvalue weighted by atomic mass is 19.1. The predicted molar refractivity (Wildman–Crippen MR) is 96.6 cm³/mol. The molecule has 0 fully saturated rings. The van der Waals surface area contributed by atoms with Crippen molar-refractivity contribution in [2.75, 3.05) is 6.61 Å². The molecular formula is C19H19FN4O2. The van der Waals surface area contributed by atoms with Crippen LogP contribution in [0.1, 0.15) is 24.6 Å². The molecule has 0 amide bonds. The van der Waals surface area contributed by atoms with Gasteiger partial charge in [0, 0.05) is 22.2 Å². The second-order valence-corrected chi connectivity index (χ2v) is 6.22. The summed E-state index contributed by atoms with van der Waals surface area (Å²) in [5, 5.41) is 4.69. The molecule has 1 N–H and O–H groups in total. The zero-order valence-electron chi connectivity index (χ0n) is 14.8. The van der Waals surface area contributed by atoms with E-state index in [2.05, 4.69) is 15.1 Å². The highest BCUT2D eigenvalue weighted by Crippen LogP contribution is 2.34. The highest BCUT2D eigenvalue weighted by molar-refractivity contribution is 5.83. The van der Waals surface area contributed by atoms with E-state index in [1.807, 2.05) is 20.8 Å². The third-order valence-corrected chi connectivity index (χ3v) is 4.25. The number of benzene rings is 1. The van der Waals surface area contributed by atoms with Crippen molar-refractivity contribution in [2.45, 2.75) is 27.2 Å². The van der Waals surface area contributed by atoms with Crippen LogP contribution >= 0.6 is 0 Å². The summed E-state index contributed by atoms with van der Waals surface area (Å²) >= 11 is 0. The first kappa shape index (κ1) is 16.4. The summed E-state index contributed by atoms with van der Waals surface area (Å²) in [6.07, 6.45) is 4.06. The molecule has 26 heavy (non-hydrogen) atoms. The van der Waals surface area contributed by atoms with Gasteiger partial charge in [-0.05, 0) is 38.5 Å². The van der Waals surface area contributed by atoms with Crippen LogP contribution in [0, 0.1) is 19.7 Å². The lowest BCUT2D eigenvalue weighted by molar-refractivity contribution is 0.315. The molecule has 0 saturated carbocycles. The number of aryl methyl sites for hydroxylation is 2. The van der Waals surface area contributed by atoms with Gasteiger partial charge in [-0.1, -0.05) is 6.92 Å². The zero-order chi connectivity index (χ0) is 18.3. The molecule has 0 aliphatic rings. The summed E-state index contributed by atoms with van der Waals surface area (Å²) in [5.74, 6) is 0.702. The largest absolute Gasteiger partial charge is 0.492 e. The van der Waals surface area contributed by atoms with Crippen molar-refractivity contribution < 1.29 is 13.9 Å². The van der Waals surface area contributed by atoms with Crippen LogP contribution in [0.3, 0.4) is 0 Å². The minimum absolute atomic E-state index is 0.119. The smallest absolute Gasteiger partial charge is 0.247 e. The van der Waals surface area contributed by atoms with Gasteiger partial charge in [0.05, 0.1) is 12.8 Å². The van der Waals surface area contributed by atoms with Crippen LogP contribution < -0.4 is 9.47 Å². The molecule has 7 heteroatoms. The van der Waals surface area contributed by atoms with Gasteiger partial charge in [-0.2, -0.15) is 10.1 Å². The molecule has 1 aromatic carbocycles. The molecule has 0 aliphatic heterocycles. The van der Waals surface area contributed by atoms with Crippen molar-refractivity contribution in [3.8, 4) is 17.4 Å². The summed E-state index contributed by atoms with van der Waals surface area (Å²) in [4.78, 5) is 7.31. The van der Waals surface area contributed by atoms with Crippen LogP contribution in [0.15, 0.2) is 30.7 Å². The van der Waals surface area contributed by atoms with Crippen LogP contribution in [-0.4, -0.2) is 26.2 Å². The first-order valence-corrected chi connectivity index (χ1v) is 8.50. The van der Waals surface area contributed by atoms with Gasteiger partial charge < -0.3 is 14.5 Å². The lowest BCUT2D eigenvalue weighted by Crippen LogP contribution is -1.98. The van der Waals surface area contributed by atoms with Gasteiger partial charge in [-0.3, -0.25) is 0 Å². The van der Waals surface area contributed by atoms with Crippen LogP contribution in [0.2, 0.25) is 0 Å².